The van der Waals surface area contributed by atoms with Crippen molar-refractivity contribution in [1.29, 1.82) is 0 Å². The Bertz CT molecular complexity index is 537. The molecule has 0 aliphatic carbocycles. The molecule has 2 heterocycles. The largest absolute Gasteiger partial charge is 0.342 e. The molecule has 0 spiro atoms. The number of likely N-dealkylation sites (tertiary alicyclic amines) is 1. The highest BCUT2D eigenvalue weighted by atomic mass is 35.5. The van der Waals surface area contributed by atoms with Crippen LogP contribution in [0.5, 0.6) is 0 Å². The van der Waals surface area contributed by atoms with Crippen molar-refractivity contribution in [3.05, 3.63) is 10.7 Å². The summed E-state index contributed by atoms with van der Waals surface area (Å²) in [7, 11) is -3.69. The van der Waals surface area contributed by atoms with E-state index in [1.807, 2.05) is 0 Å². The van der Waals surface area contributed by atoms with Crippen LogP contribution in [0.15, 0.2) is 10.4 Å². The summed E-state index contributed by atoms with van der Waals surface area (Å²) in [4.78, 5) is 17.0. The molecular weight excluding hydrogens is 298 g/mol. The second-order valence-corrected chi connectivity index (χ2v) is 7.45. The topological polar surface area (TPSA) is 79.4 Å². The summed E-state index contributed by atoms with van der Waals surface area (Å²) in [6, 6.07) is 0. The third-order valence-electron chi connectivity index (χ3n) is 2.59. The second kappa shape index (κ2) is 5.52. The predicted molar refractivity (Wildman–Crippen MR) is 68.1 cm³/mol. The lowest BCUT2D eigenvalue weighted by atomic mass is 10.4. The average Bonchev–Trinajstić information content (AvgIpc) is 2.96. The fourth-order valence-corrected chi connectivity index (χ4v) is 3.98. The van der Waals surface area contributed by atoms with Gasteiger partial charge in [-0.3, -0.25) is 4.79 Å². The number of rotatable bonds is 4. The van der Waals surface area contributed by atoms with Gasteiger partial charge in [0.1, 0.15) is 0 Å². The smallest absolute Gasteiger partial charge is 0.252 e. The Morgan fingerprint density at radius 1 is 1.50 bits per heavy atom. The first-order valence-corrected chi connectivity index (χ1v) is 8.05. The zero-order valence-corrected chi connectivity index (χ0v) is 11.8. The minimum absolute atomic E-state index is 0.0155. The molecule has 1 aliphatic heterocycles. The van der Waals surface area contributed by atoms with Gasteiger partial charge < -0.3 is 4.90 Å². The highest BCUT2D eigenvalue weighted by Gasteiger charge is 2.22. The fourth-order valence-electron chi connectivity index (χ4n) is 1.67. The molecule has 9 heteroatoms. The molecular formula is C9H12ClN3O3S2. The number of hydrogen-bond donors (Lipinski definition) is 1. The summed E-state index contributed by atoms with van der Waals surface area (Å²) in [5.74, 6) is -0.202. The molecule has 0 bridgehead atoms. The Kier molecular flexibility index (Phi) is 4.21. The highest BCUT2D eigenvalue weighted by Crippen LogP contribution is 2.21. The number of aromatic nitrogens is 1. The van der Waals surface area contributed by atoms with Crippen molar-refractivity contribution < 1.29 is 13.2 Å². The van der Waals surface area contributed by atoms with Gasteiger partial charge in [-0.15, -0.1) is 0 Å². The van der Waals surface area contributed by atoms with Crippen molar-refractivity contribution in [2.24, 2.45) is 0 Å². The molecule has 1 saturated heterocycles. The van der Waals surface area contributed by atoms with Gasteiger partial charge in [-0.1, -0.05) is 22.9 Å². The quantitative estimate of drug-likeness (QED) is 0.888. The summed E-state index contributed by atoms with van der Waals surface area (Å²) < 4.78 is 26.0. The van der Waals surface area contributed by atoms with Crippen molar-refractivity contribution in [2.75, 3.05) is 19.6 Å². The van der Waals surface area contributed by atoms with E-state index in [1.54, 1.807) is 4.90 Å². The summed E-state index contributed by atoms with van der Waals surface area (Å²) in [6.07, 6.45) is 3.13. The van der Waals surface area contributed by atoms with Crippen LogP contribution in [0.25, 0.3) is 0 Å². The van der Waals surface area contributed by atoms with Crippen LogP contribution in [0.2, 0.25) is 4.47 Å². The van der Waals surface area contributed by atoms with Crippen LogP contribution in [0.4, 0.5) is 0 Å². The lowest BCUT2D eigenvalue weighted by Gasteiger charge is -2.15. The van der Waals surface area contributed by atoms with Crippen LogP contribution in [0.1, 0.15) is 12.8 Å². The lowest BCUT2D eigenvalue weighted by Crippen LogP contribution is -2.38. The number of nitrogens with zero attached hydrogens (tertiary/aromatic N) is 2. The molecule has 1 aromatic rings. The molecule has 0 saturated carbocycles. The van der Waals surface area contributed by atoms with Crippen molar-refractivity contribution in [2.45, 2.75) is 17.1 Å². The number of amides is 1. The maximum absolute atomic E-state index is 11.8. The second-order valence-electron chi connectivity index (χ2n) is 3.84. The third kappa shape index (κ3) is 3.19. The summed E-state index contributed by atoms with van der Waals surface area (Å²) in [6.45, 7) is 1.18. The standard InChI is InChI=1S/C9H12ClN3O3S2/c10-9-11-6-8(17-9)18(15,16)12-5-7(14)13-3-1-2-4-13/h6,12H,1-5H2. The number of carbonyl (C=O) groups excluding carboxylic acids is 1. The monoisotopic (exact) mass is 309 g/mol. The van der Waals surface area contributed by atoms with E-state index in [0.717, 1.165) is 24.2 Å². The lowest BCUT2D eigenvalue weighted by molar-refractivity contribution is -0.128. The van der Waals surface area contributed by atoms with Gasteiger partial charge in [0, 0.05) is 13.1 Å². The van der Waals surface area contributed by atoms with E-state index in [0.29, 0.717) is 13.1 Å². The molecule has 0 aromatic carbocycles. The molecule has 1 aromatic heterocycles. The Morgan fingerprint density at radius 3 is 2.72 bits per heavy atom. The van der Waals surface area contributed by atoms with Crippen molar-refractivity contribution in [3.63, 3.8) is 0 Å². The van der Waals surface area contributed by atoms with Gasteiger partial charge in [0.2, 0.25) is 5.91 Å². The van der Waals surface area contributed by atoms with Crippen molar-refractivity contribution in [1.82, 2.24) is 14.6 Å². The van der Waals surface area contributed by atoms with Gasteiger partial charge in [0.15, 0.2) is 8.68 Å². The molecule has 18 heavy (non-hydrogen) atoms. The van der Waals surface area contributed by atoms with Gasteiger partial charge in [-0.05, 0) is 12.8 Å². The maximum Gasteiger partial charge on any atom is 0.252 e. The molecule has 1 amide bonds. The van der Waals surface area contributed by atoms with Crippen molar-refractivity contribution >= 4 is 38.9 Å². The van der Waals surface area contributed by atoms with E-state index in [1.165, 1.54) is 6.20 Å². The number of hydrogen-bond acceptors (Lipinski definition) is 5. The molecule has 1 N–H and O–H groups in total. The van der Waals surface area contributed by atoms with Gasteiger partial charge in [-0.25, -0.2) is 18.1 Å². The molecule has 6 nitrogen and oxygen atoms in total. The number of halogens is 1. The molecule has 100 valence electrons. The third-order valence-corrected chi connectivity index (χ3v) is 5.57. The first-order chi connectivity index (χ1) is 8.49. The molecule has 0 radical (unpaired) electrons. The van der Waals surface area contributed by atoms with Gasteiger partial charge in [0.05, 0.1) is 12.7 Å². The predicted octanol–water partition coefficient (Wildman–Crippen LogP) is 0.697. The average molecular weight is 310 g/mol. The van der Waals surface area contributed by atoms with Gasteiger partial charge in [-0.2, -0.15) is 0 Å². The van der Waals surface area contributed by atoms with Crippen molar-refractivity contribution in [3.8, 4) is 0 Å². The van der Waals surface area contributed by atoms with Crippen LogP contribution in [-0.4, -0.2) is 43.8 Å². The number of nitrogens with one attached hydrogen (secondary N) is 1. The Hall–Kier alpha value is -0.700. The minimum Gasteiger partial charge on any atom is -0.342 e. The zero-order chi connectivity index (χ0) is 13.2. The SMILES string of the molecule is O=C(CNS(=O)(=O)c1cnc(Cl)s1)N1CCCC1. The van der Waals surface area contributed by atoms with E-state index in [4.69, 9.17) is 11.6 Å². The highest BCUT2D eigenvalue weighted by molar-refractivity contribution is 7.91. The van der Waals surface area contributed by atoms with Gasteiger partial charge in [0.25, 0.3) is 10.0 Å². The van der Waals surface area contributed by atoms with Crippen LogP contribution in [0.3, 0.4) is 0 Å². The van der Waals surface area contributed by atoms with Crippen LogP contribution >= 0.6 is 22.9 Å². The van der Waals surface area contributed by atoms with Crippen LogP contribution in [0, 0.1) is 0 Å². The van der Waals surface area contributed by atoms with E-state index in [-0.39, 0.29) is 21.1 Å². The Morgan fingerprint density at radius 2 is 2.17 bits per heavy atom. The first-order valence-electron chi connectivity index (χ1n) is 5.38. The molecule has 0 atom stereocenters. The minimum atomic E-state index is -3.69. The van der Waals surface area contributed by atoms with E-state index in [9.17, 15) is 13.2 Å². The number of thiazole rings is 1. The Labute approximate surface area is 114 Å². The molecule has 2 rings (SSSR count). The van der Waals surface area contributed by atoms with E-state index >= 15 is 0 Å². The molecule has 1 fully saturated rings. The van der Waals surface area contributed by atoms with Crippen LogP contribution in [-0.2, 0) is 14.8 Å². The van der Waals surface area contributed by atoms with E-state index in [2.05, 4.69) is 9.71 Å². The number of sulfonamides is 1. The fraction of sp³-hybridized carbons (Fsp3) is 0.556. The van der Waals surface area contributed by atoms with E-state index < -0.39 is 10.0 Å². The van der Waals surface area contributed by atoms with Gasteiger partial charge >= 0.3 is 0 Å². The van der Waals surface area contributed by atoms with Crippen LogP contribution < -0.4 is 4.72 Å². The Balaban J connectivity index is 1.95. The normalized spacial score (nSPS) is 16.2. The molecule has 1 aliphatic rings. The summed E-state index contributed by atoms with van der Waals surface area (Å²) >= 11 is 6.43. The number of carbonyl (C=O) groups is 1. The zero-order valence-electron chi connectivity index (χ0n) is 9.43. The molecule has 0 unspecified atom stereocenters. The summed E-state index contributed by atoms with van der Waals surface area (Å²) in [5, 5.41) is 0. The summed E-state index contributed by atoms with van der Waals surface area (Å²) in [5.41, 5.74) is 0. The maximum atomic E-state index is 11.8. The first kappa shape index (κ1) is 13.7.